The zero-order valence-electron chi connectivity index (χ0n) is 12.0. The van der Waals surface area contributed by atoms with Crippen molar-refractivity contribution in [1.29, 1.82) is 0 Å². The van der Waals surface area contributed by atoms with Crippen LogP contribution in [0.5, 0.6) is 0 Å². The maximum absolute atomic E-state index is 11.7. The molecule has 3 rings (SSSR count). The Labute approximate surface area is 125 Å². The second-order valence-electron chi connectivity index (χ2n) is 5.77. The van der Waals surface area contributed by atoms with Crippen LogP contribution in [0.2, 0.25) is 0 Å². The minimum absolute atomic E-state index is 0.257. The molecule has 4 heteroatoms. The molecule has 20 heavy (non-hydrogen) atoms. The number of nitrogens with one attached hydrogen (secondary N) is 1. The van der Waals surface area contributed by atoms with E-state index in [4.69, 9.17) is 0 Å². The fourth-order valence-electron chi connectivity index (χ4n) is 2.94. The van der Waals surface area contributed by atoms with Crippen LogP contribution in [0.15, 0.2) is 24.3 Å². The Morgan fingerprint density at radius 3 is 2.75 bits per heavy atom. The lowest BCUT2D eigenvalue weighted by Crippen LogP contribution is -2.28. The third-order valence-electron chi connectivity index (χ3n) is 4.11. The van der Waals surface area contributed by atoms with Gasteiger partial charge in [0.05, 0.1) is 0 Å². The Morgan fingerprint density at radius 2 is 2.15 bits per heavy atom. The molecule has 108 valence electrons. The molecule has 2 fully saturated rings. The number of hydrogen-bond donors (Lipinski definition) is 1. The Bertz CT molecular complexity index is 474. The van der Waals surface area contributed by atoms with Gasteiger partial charge in [-0.2, -0.15) is 11.8 Å². The van der Waals surface area contributed by atoms with Gasteiger partial charge in [-0.05, 0) is 30.5 Å². The molecule has 2 saturated heterocycles. The van der Waals surface area contributed by atoms with Crippen LogP contribution in [0.4, 0.5) is 5.69 Å². The van der Waals surface area contributed by atoms with Gasteiger partial charge in [0, 0.05) is 42.2 Å². The number of nitrogens with zero attached hydrogens (tertiary/aromatic N) is 1. The molecule has 2 heterocycles. The molecule has 0 aliphatic carbocycles. The summed E-state index contributed by atoms with van der Waals surface area (Å²) in [5.41, 5.74) is 2.34. The molecular formula is C16H22N2OS. The molecule has 0 spiro atoms. The fraction of sp³-hybridized carbons (Fsp3) is 0.562. The number of carbonyl (C=O) groups is 1. The van der Waals surface area contributed by atoms with E-state index in [1.165, 1.54) is 17.7 Å². The van der Waals surface area contributed by atoms with E-state index in [9.17, 15) is 4.79 Å². The van der Waals surface area contributed by atoms with Gasteiger partial charge in [0.25, 0.3) is 0 Å². The van der Waals surface area contributed by atoms with Crippen LogP contribution < -0.4 is 10.2 Å². The van der Waals surface area contributed by atoms with Gasteiger partial charge < -0.3 is 10.2 Å². The third-order valence-corrected chi connectivity index (χ3v) is 5.47. The second kappa shape index (κ2) is 6.19. The first-order valence-electron chi connectivity index (χ1n) is 7.46. The highest BCUT2D eigenvalue weighted by molar-refractivity contribution is 8.00. The monoisotopic (exact) mass is 290 g/mol. The van der Waals surface area contributed by atoms with Gasteiger partial charge in [-0.1, -0.05) is 19.1 Å². The first kappa shape index (κ1) is 14.0. The molecule has 1 aromatic carbocycles. The van der Waals surface area contributed by atoms with E-state index >= 15 is 0 Å². The average molecular weight is 290 g/mol. The van der Waals surface area contributed by atoms with Crippen molar-refractivity contribution in [3.8, 4) is 0 Å². The van der Waals surface area contributed by atoms with Crippen LogP contribution >= 0.6 is 11.8 Å². The van der Waals surface area contributed by atoms with E-state index in [2.05, 4.69) is 48.3 Å². The van der Waals surface area contributed by atoms with E-state index in [0.717, 1.165) is 30.4 Å². The summed E-state index contributed by atoms with van der Waals surface area (Å²) >= 11 is 2.05. The normalized spacial score (nSPS) is 26.4. The predicted molar refractivity (Wildman–Crippen MR) is 85.2 cm³/mol. The lowest BCUT2D eigenvalue weighted by Gasteiger charge is -2.16. The van der Waals surface area contributed by atoms with Crippen molar-refractivity contribution in [2.75, 3.05) is 17.2 Å². The molecule has 2 unspecified atom stereocenters. The molecule has 1 N–H and O–H groups in total. The summed E-state index contributed by atoms with van der Waals surface area (Å²) in [6.45, 7) is 4.09. The van der Waals surface area contributed by atoms with Gasteiger partial charge >= 0.3 is 0 Å². The highest BCUT2D eigenvalue weighted by Crippen LogP contribution is 2.26. The summed E-state index contributed by atoms with van der Waals surface area (Å²) in [7, 11) is 0. The van der Waals surface area contributed by atoms with E-state index < -0.39 is 0 Å². The summed E-state index contributed by atoms with van der Waals surface area (Å²) in [6, 6.07) is 9.08. The Balaban J connectivity index is 1.55. The summed E-state index contributed by atoms with van der Waals surface area (Å²) in [4.78, 5) is 13.6. The van der Waals surface area contributed by atoms with Crippen molar-refractivity contribution >= 4 is 23.4 Å². The van der Waals surface area contributed by atoms with E-state index in [1.807, 2.05) is 4.90 Å². The highest BCUT2D eigenvalue weighted by atomic mass is 32.2. The van der Waals surface area contributed by atoms with Gasteiger partial charge in [-0.3, -0.25) is 4.79 Å². The Hall–Kier alpha value is -1.00. The molecule has 0 aromatic heterocycles. The number of anilines is 1. The van der Waals surface area contributed by atoms with Gasteiger partial charge in [-0.25, -0.2) is 0 Å². The van der Waals surface area contributed by atoms with Crippen molar-refractivity contribution in [2.45, 2.75) is 44.0 Å². The number of amides is 1. The van der Waals surface area contributed by atoms with Crippen molar-refractivity contribution in [1.82, 2.24) is 5.32 Å². The minimum atomic E-state index is 0.257. The first-order valence-corrected chi connectivity index (χ1v) is 8.51. The van der Waals surface area contributed by atoms with Gasteiger partial charge in [-0.15, -0.1) is 0 Å². The minimum Gasteiger partial charge on any atom is -0.312 e. The molecule has 2 aliphatic heterocycles. The van der Waals surface area contributed by atoms with E-state index in [-0.39, 0.29) is 5.91 Å². The van der Waals surface area contributed by atoms with Crippen molar-refractivity contribution in [2.24, 2.45) is 0 Å². The van der Waals surface area contributed by atoms with Crippen LogP contribution in [-0.4, -0.2) is 29.5 Å². The summed E-state index contributed by atoms with van der Waals surface area (Å²) in [5.74, 6) is 1.48. The van der Waals surface area contributed by atoms with Gasteiger partial charge in [0.1, 0.15) is 0 Å². The highest BCUT2D eigenvalue weighted by Gasteiger charge is 2.22. The maximum Gasteiger partial charge on any atom is 0.227 e. The average Bonchev–Trinajstić information content (AvgIpc) is 3.06. The number of carbonyl (C=O) groups excluding carboxylic acids is 1. The van der Waals surface area contributed by atoms with Crippen LogP contribution in [0, 0.1) is 0 Å². The zero-order valence-corrected chi connectivity index (χ0v) is 12.8. The quantitative estimate of drug-likeness (QED) is 0.925. The number of rotatable bonds is 4. The van der Waals surface area contributed by atoms with Crippen LogP contribution in [0.25, 0.3) is 0 Å². The van der Waals surface area contributed by atoms with E-state index in [1.54, 1.807) is 0 Å². The maximum atomic E-state index is 11.7. The van der Waals surface area contributed by atoms with Gasteiger partial charge in [0.2, 0.25) is 5.91 Å². The largest absolute Gasteiger partial charge is 0.312 e. The van der Waals surface area contributed by atoms with Gasteiger partial charge in [0.15, 0.2) is 0 Å². The topological polar surface area (TPSA) is 32.3 Å². The summed E-state index contributed by atoms with van der Waals surface area (Å²) in [6.07, 6.45) is 2.95. The fourth-order valence-corrected chi connectivity index (χ4v) is 4.12. The summed E-state index contributed by atoms with van der Waals surface area (Å²) < 4.78 is 0. The van der Waals surface area contributed by atoms with Crippen molar-refractivity contribution in [3.63, 3.8) is 0 Å². The van der Waals surface area contributed by atoms with Crippen molar-refractivity contribution < 1.29 is 4.79 Å². The molecule has 0 bridgehead atoms. The first-order chi connectivity index (χ1) is 9.72. The number of hydrogen-bond acceptors (Lipinski definition) is 3. The van der Waals surface area contributed by atoms with Crippen LogP contribution in [-0.2, 0) is 11.3 Å². The van der Waals surface area contributed by atoms with Crippen LogP contribution in [0.1, 0.15) is 31.7 Å². The van der Waals surface area contributed by atoms with Crippen molar-refractivity contribution in [3.05, 3.63) is 29.8 Å². The molecule has 2 aliphatic rings. The van der Waals surface area contributed by atoms with E-state index in [0.29, 0.717) is 12.5 Å². The predicted octanol–water partition coefficient (Wildman–Crippen LogP) is 2.80. The lowest BCUT2D eigenvalue weighted by molar-refractivity contribution is -0.117. The molecule has 2 atom stereocenters. The molecule has 1 amide bonds. The van der Waals surface area contributed by atoms with Crippen LogP contribution in [0.3, 0.4) is 0 Å². The third kappa shape index (κ3) is 3.18. The molecular weight excluding hydrogens is 268 g/mol. The number of benzene rings is 1. The second-order valence-corrected chi connectivity index (χ2v) is 7.24. The zero-order chi connectivity index (χ0) is 13.9. The lowest BCUT2D eigenvalue weighted by atomic mass is 10.1. The number of thioether (sulfide) groups is 1. The molecule has 0 radical (unpaired) electrons. The Kier molecular flexibility index (Phi) is 4.32. The molecule has 3 nitrogen and oxygen atoms in total. The SMILES string of the molecule is CC1CC(NCc2ccc(N3CCCC3=O)cc2)CS1. The molecule has 1 aromatic rings. The molecule has 0 saturated carbocycles. The Morgan fingerprint density at radius 1 is 1.35 bits per heavy atom. The smallest absolute Gasteiger partial charge is 0.227 e. The summed E-state index contributed by atoms with van der Waals surface area (Å²) in [5, 5.41) is 4.41. The standard InChI is InChI=1S/C16H22N2OS/c1-12-9-14(11-20-12)17-10-13-4-6-15(7-5-13)18-8-2-3-16(18)19/h4-7,12,14,17H,2-3,8-11H2,1H3.